The van der Waals surface area contributed by atoms with Crippen molar-refractivity contribution in [2.24, 2.45) is 0 Å². The van der Waals surface area contributed by atoms with Crippen molar-refractivity contribution in [3.8, 4) is 11.5 Å². The summed E-state index contributed by atoms with van der Waals surface area (Å²) in [5.41, 5.74) is 3.76. The van der Waals surface area contributed by atoms with Gasteiger partial charge in [-0.1, -0.05) is 12.1 Å². The summed E-state index contributed by atoms with van der Waals surface area (Å²) in [6, 6.07) is 8.59. The molecule has 3 rings (SSSR count). The molecule has 0 aliphatic rings. The summed E-state index contributed by atoms with van der Waals surface area (Å²) < 4.78 is 0. The Bertz CT molecular complexity index is 738. The van der Waals surface area contributed by atoms with Gasteiger partial charge in [0.15, 0.2) is 11.5 Å². The highest BCUT2D eigenvalue weighted by Gasteiger charge is 2.07. The van der Waals surface area contributed by atoms with E-state index in [1.54, 1.807) is 0 Å². The fourth-order valence-electron chi connectivity index (χ4n) is 1.86. The van der Waals surface area contributed by atoms with Gasteiger partial charge in [-0.25, -0.2) is 9.97 Å². The van der Waals surface area contributed by atoms with Crippen LogP contribution in [0.1, 0.15) is 5.56 Å². The number of aryl methyl sites for hydroxylation is 1. The zero-order chi connectivity index (χ0) is 12.0. The van der Waals surface area contributed by atoms with Crippen LogP contribution in [-0.4, -0.2) is 20.2 Å². The first-order chi connectivity index (χ1) is 8.15. The number of fused-ring (bicyclic) bond motifs is 2. The van der Waals surface area contributed by atoms with Crippen molar-refractivity contribution >= 4 is 22.1 Å². The van der Waals surface area contributed by atoms with Gasteiger partial charge in [0.25, 0.3) is 0 Å². The molecule has 1 heterocycles. The van der Waals surface area contributed by atoms with Crippen LogP contribution in [0, 0.1) is 6.92 Å². The Labute approximate surface area is 97.2 Å². The molecule has 0 spiro atoms. The van der Waals surface area contributed by atoms with Crippen LogP contribution in [-0.2, 0) is 0 Å². The first-order valence-electron chi connectivity index (χ1n) is 5.24. The number of para-hydroxylation sites is 1. The van der Waals surface area contributed by atoms with E-state index in [-0.39, 0.29) is 11.5 Å². The Hall–Kier alpha value is -2.36. The van der Waals surface area contributed by atoms with Crippen molar-refractivity contribution in [3.05, 3.63) is 35.9 Å². The van der Waals surface area contributed by atoms with Crippen molar-refractivity contribution in [2.75, 3.05) is 0 Å². The van der Waals surface area contributed by atoms with Crippen LogP contribution in [0.2, 0.25) is 0 Å². The van der Waals surface area contributed by atoms with Crippen LogP contribution in [0.25, 0.3) is 22.1 Å². The molecule has 0 radical (unpaired) electrons. The van der Waals surface area contributed by atoms with Crippen LogP contribution in [0.5, 0.6) is 11.5 Å². The Morgan fingerprint density at radius 1 is 0.882 bits per heavy atom. The number of phenolic OH excluding ortho intramolecular Hbond substituents is 2. The first kappa shape index (κ1) is 9.84. The maximum atomic E-state index is 9.44. The van der Waals surface area contributed by atoms with Gasteiger partial charge >= 0.3 is 0 Å². The average molecular weight is 226 g/mol. The molecule has 0 saturated heterocycles. The minimum Gasteiger partial charge on any atom is -0.504 e. The van der Waals surface area contributed by atoms with Gasteiger partial charge in [0.2, 0.25) is 0 Å². The summed E-state index contributed by atoms with van der Waals surface area (Å²) in [5.74, 6) is -0.362. The fraction of sp³-hybridized carbons (Fsp3) is 0.0769. The molecule has 0 bridgehead atoms. The maximum Gasteiger partial charge on any atom is 0.159 e. The van der Waals surface area contributed by atoms with Crippen molar-refractivity contribution in [1.29, 1.82) is 0 Å². The number of aromatic hydroxyl groups is 2. The Morgan fingerprint density at radius 2 is 1.53 bits per heavy atom. The molecule has 0 aliphatic heterocycles. The number of aromatic nitrogens is 2. The molecule has 3 aromatic rings. The molecule has 2 aromatic carbocycles. The lowest BCUT2D eigenvalue weighted by molar-refractivity contribution is 0.404. The zero-order valence-corrected chi connectivity index (χ0v) is 9.18. The minimum absolute atomic E-state index is 0.181. The third kappa shape index (κ3) is 1.45. The minimum atomic E-state index is -0.182. The third-order valence-electron chi connectivity index (χ3n) is 2.76. The van der Waals surface area contributed by atoms with Gasteiger partial charge in [-0.15, -0.1) is 0 Å². The highest BCUT2D eigenvalue weighted by atomic mass is 16.3. The predicted molar refractivity (Wildman–Crippen MR) is 65.1 cm³/mol. The van der Waals surface area contributed by atoms with E-state index >= 15 is 0 Å². The molecular weight excluding hydrogens is 216 g/mol. The number of hydrogen-bond donors (Lipinski definition) is 2. The molecule has 0 aliphatic carbocycles. The van der Waals surface area contributed by atoms with Gasteiger partial charge in [0.1, 0.15) is 0 Å². The van der Waals surface area contributed by atoms with E-state index < -0.39 is 0 Å². The Morgan fingerprint density at radius 3 is 2.24 bits per heavy atom. The van der Waals surface area contributed by atoms with Crippen molar-refractivity contribution in [1.82, 2.24) is 9.97 Å². The van der Waals surface area contributed by atoms with Crippen LogP contribution >= 0.6 is 0 Å². The normalized spacial score (nSPS) is 11.1. The van der Waals surface area contributed by atoms with Crippen LogP contribution in [0.3, 0.4) is 0 Å². The van der Waals surface area contributed by atoms with Gasteiger partial charge < -0.3 is 10.2 Å². The topological polar surface area (TPSA) is 66.2 Å². The van der Waals surface area contributed by atoms with E-state index in [1.807, 2.05) is 25.1 Å². The molecule has 17 heavy (non-hydrogen) atoms. The zero-order valence-electron chi connectivity index (χ0n) is 9.18. The van der Waals surface area contributed by atoms with Crippen LogP contribution in [0.15, 0.2) is 30.3 Å². The van der Waals surface area contributed by atoms with E-state index in [9.17, 15) is 10.2 Å². The summed E-state index contributed by atoms with van der Waals surface area (Å²) in [6.07, 6.45) is 0. The molecule has 4 nitrogen and oxygen atoms in total. The highest BCUT2D eigenvalue weighted by Crippen LogP contribution is 2.29. The summed E-state index contributed by atoms with van der Waals surface area (Å²) in [4.78, 5) is 8.85. The summed E-state index contributed by atoms with van der Waals surface area (Å²) in [7, 11) is 0. The number of phenols is 2. The number of benzene rings is 2. The van der Waals surface area contributed by atoms with Crippen molar-refractivity contribution < 1.29 is 10.2 Å². The quantitative estimate of drug-likeness (QED) is 0.456. The third-order valence-corrected chi connectivity index (χ3v) is 2.76. The molecule has 0 fully saturated rings. The molecule has 2 N–H and O–H groups in total. The fourth-order valence-corrected chi connectivity index (χ4v) is 1.86. The molecule has 1 aromatic heterocycles. The highest BCUT2D eigenvalue weighted by molar-refractivity contribution is 5.89. The second-order valence-corrected chi connectivity index (χ2v) is 4.00. The molecule has 84 valence electrons. The SMILES string of the molecule is Cc1cccc2nc3cc(O)c(O)cc3nc12. The van der Waals surface area contributed by atoms with E-state index in [0.29, 0.717) is 11.0 Å². The van der Waals surface area contributed by atoms with Gasteiger partial charge in [0, 0.05) is 12.1 Å². The van der Waals surface area contributed by atoms with E-state index in [1.165, 1.54) is 12.1 Å². The number of hydrogen-bond acceptors (Lipinski definition) is 4. The number of rotatable bonds is 0. The molecular formula is C13H10N2O2. The number of nitrogens with zero attached hydrogens (tertiary/aromatic N) is 2. The second-order valence-electron chi connectivity index (χ2n) is 4.00. The monoisotopic (exact) mass is 226 g/mol. The molecule has 0 saturated carbocycles. The molecule has 0 unspecified atom stereocenters. The largest absolute Gasteiger partial charge is 0.504 e. The summed E-state index contributed by atoms with van der Waals surface area (Å²) >= 11 is 0. The lowest BCUT2D eigenvalue weighted by Crippen LogP contribution is -1.89. The summed E-state index contributed by atoms with van der Waals surface area (Å²) in [5, 5.41) is 18.9. The predicted octanol–water partition coefficient (Wildman–Crippen LogP) is 2.50. The second kappa shape index (κ2) is 3.31. The molecule has 4 heteroatoms. The summed E-state index contributed by atoms with van der Waals surface area (Å²) in [6.45, 7) is 1.96. The van der Waals surface area contributed by atoms with Crippen LogP contribution in [0.4, 0.5) is 0 Å². The lowest BCUT2D eigenvalue weighted by atomic mass is 10.2. The van der Waals surface area contributed by atoms with Crippen molar-refractivity contribution in [3.63, 3.8) is 0 Å². The van der Waals surface area contributed by atoms with E-state index in [0.717, 1.165) is 16.6 Å². The maximum absolute atomic E-state index is 9.44. The average Bonchev–Trinajstić information content (AvgIpc) is 2.29. The Balaban J connectivity index is 2.48. The molecule has 0 amide bonds. The van der Waals surface area contributed by atoms with Gasteiger partial charge in [-0.3, -0.25) is 0 Å². The van der Waals surface area contributed by atoms with E-state index in [2.05, 4.69) is 9.97 Å². The first-order valence-corrected chi connectivity index (χ1v) is 5.24. The lowest BCUT2D eigenvalue weighted by Gasteiger charge is -2.04. The molecule has 0 atom stereocenters. The Kier molecular flexibility index (Phi) is 1.92. The smallest absolute Gasteiger partial charge is 0.159 e. The van der Waals surface area contributed by atoms with Crippen molar-refractivity contribution in [2.45, 2.75) is 6.92 Å². The van der Waals surface area contributed by atoms with Gasteiger partial charge in [0.05, 0.1) is 22.1 Å². The van der Waals surface area contributed by atoms with E-state index in [4.69, 9.17) is 0 Å². The van der Waals surface area contributed by atoms with Gasteiger partial charge in [-0.05, 0) is 18.6 Å². The van der Waals surface area contributed by atoms with Crippen LogP contribution < -0.4 is 0 Å². The standard InChI is InChI=1S/C13H10N2O2/c1-7-3-2-4-8-13(7)15-10-6-12(17)11(16)5-9(10)14-8/h2-6,16-17H,1H3. The van der Waals surface area contributed by atoms with Gasteiger partial charge in [-0.2, -0.15) is 0 Å².